The molecule has 6 heteroatoms. The highest BCUT2D eigenvalue weighted by Crippen LogP contribution is 2.44. The molecule has 0 saturated heterocycles. The highest BCUT2D eigenvalue weighted by atomic mass is 19.1. The molecule has 0 aliphatic heterocycles. The molecule has 1 aromatic rings. The molecule has 2 amide bonds. The standard InChI is InChI=1S/C15H18F2N2O2/c16-10-2-1-3-11(17)13(10)9-6-12(9)19-14(21)18-7-15(8-20)4-5-15/h1-3,9,12,20H,4-8H2,(H2,18,19,21). The van der Waals surface area contributed by atoms with Crippen LogP contribution in [0, 0.1) is 17.0 Å². The highest BCUT2D eigenvalue weighted by Gasteiger charge is 2.44. The number of urea groups is 1. The van der Waals surface area contributed by atoms with Gasteiger partial charge >= 0.3 is 6.03 Å². The fourth-order valence-corrected chi connectivity index (χ4v) is 2.59. The zero-order chi connectivity index (χ0) is 15.0. The van der Waals surface area contributed by atoms with E-state index in [4.69, 9.17) is 5.11 Å². The first-order chi connectivity index (χ1) is 10.0. The van der Waals surface area contributed by atoms with E-state index in [0.717, 1.165) is 12.8 Å². The van der Waals surface area contributed by atoms with E-state index in [1.807, 2.05) is 0 Å². The topological polar surface area (TPSA) is 61.4 Å². The quantitative estimate of drug-likeness (QED) is 0.777. The predicted molar refractivity (Wildman–Crippen MR) is 72.8 cm³/mol. The van der Waals surface area contributed by atoms with Crippen molar-refractivity contribution in [3.8, 4) is 0 Å². The van der Waals surface area contributed by atoms with Crippen molar-refractivity contribution in [3.63, 3.8) is 0 Å². The molecule has 3 rings (SSSR count). The average Bonchev–Trinajstić information content (AvgIpc) is 3.34. The van der Waals surface area contributed by atoms with Crippen molar-refractivity contribution in [2.24, 2.45) is 5.41 Å². The molecule has 21 heavy (non-hydrogen) atoms. The summed E-state index contributed by atoms with van der Waals surface area (Å²) in [6.45, 7) is 0.501. The summed E-state index contributed by atoms with van der Waals surface area (Å²) in [7, 11) is 0. The number of halogens is 2. The first kappa shape index (κ1) is 14.3. The normalized spacial score (nSPS) is 25.3. The number of aliphatic hydroxyl groups excluding tert-OH is 1. The molecule has 2 aliphatic rings. The van der Waals surface area contributed by atoms with Gasteiger partial charge < -0.3 is 15.7 Å². The molecule has 3 N–H and O–H groups in total. The number of rotatable bonds is 5. The van der Waals surface area contributed by atoms with Crippen LogP contribution in [0.4, 0.5) is 13.6 Å². The minimum atomic E-state index is -0.568. The lowest BCUT2D eigenvalue weighted by Gasteiger charge is -2.13. The van der Waals surface area contributed by atoms with Crippen LogP contribution >= 0.6 is 0 Å². The largest absolute Gasteiger partial charge is 0.396 e. The van der Waals surface area contributed by atoms with Gasteiger partial charge in [0.1, 0.15) is 11.6 Å². The van der Waals surface area contributed by atoms with Crippen molar-refractivity contribution in [1.29, 1.82) is 0 Å². The Morgan fingerprint density at radius 1 is 1.33 bits per heavy atom. The van der Waals surface area contributed by atoms with Gasteiger partial charge in [-0.25, -0.2) is 13.6 Å². The van der Waals surface area contributed by atoms with E-state index in [9.17, 15) is 13.6 Å². The van der Waals surface area contributed by atoms with E-state index in [0.29, 0.717) is 13.0 Å². The Bertz CT molecular complexity index is 540. The maximum absolute atomic E-state index is 13.6. The summed E-state index contributed by atoms with van der Waals surface area (Å²) in [4.78, 5) is 11.7. The molecule has 0 radical (unpaired) electrons. The lowest BCUT2D eigenvalue weighted by atomic mass is 10.1. The van der Waals surface area contributed by atoms with Crippen LogP contribution in [0.25, 0.3) is 0 Å². The molecule has 0 spiro atoms. The number of hydrogen-bond donors (Lipinski definition) is 3. The van der Waals surface area contributed by atoms with Crippen LogP contribution in [0.5, 0.6) is 0 Å². The summed E-state index contributed by atoms with van der Waals surface area (Å²) in [5.74, 6) is -1.44. The smallest absolute Gasteiger partial charge is 0.315 e. The van der Waals surface area contributed by atoms with E-state index >= 15 is 0 Å². The molecule has 0 heterocycles. The summed E-state index contributed by atoms with van der Waals surface area (Å²) in [5.41, 5.74) is -0.102. The van der Waals surface area contributed by atoms with E-state index < -0.39 is 11.6 Å². The number of aliphatic hydroxyl groups is 1. The third kappa shape index (κ3) is 3.00. The van der Waals surface area contributed by atoms with Gasteiger partial charge in [-0.05, 0) is 31.4 Å². The maximum atomic E-state index is 13.6. The van der Waals surface area contributed by atoms with E-state index in [1.165, 1.54) is 18.2 Å². The van der Waals surface area contributed by atoms with Crippen molar-refractivity contribution in [2.45, 2.75) is 31.2 Å². The van der Waals surface area contributed by atoms with Crippen molar-refractivity contribution in [1.82, 2.24) is 10.6 Å². The van der Waals surface area contributed by atoms with Gasteiger partial charge in [0, 0.05) is 29.5 Å². The first-order valence-electron chi connectivity index (χ1n) is 7.14. The van der Waals surface area contributed by atoms with Gasteiger partial charge in [0.25, 0.3) is 0 Å². The number of carbonyl (C=O) groups is 1. The number of nitrogens with one attached hydrogen (secondary N) is 2. The van der Waals surface area contributed by atoms with Gasteiger partial charge in [-0.2, -0.15) is 0 Å². The Balaban J connectivity index is 1.51. The molecule has 0 aromatic heterocycles. The van der Waals surface area contributed by atoms with Crippen LogP contribution in [0.2, 0.25) is 0 Å². The summed E-state index contributed by atoms with van der Waals surface area (Å²) in [5, 5.41) is 14.6. The Hall–Kier alpha value is -1.69. The maximum Gasteiger partial charge on any atom is 0.315 e. The summed E-state index contributed by atoms with van der Waals surface area (Å²) < 4.78 is 27.2. The number of amides is 2. The first-order valence-corrected chi connectivity index (χ1v) is 7.14. The van der Waals surface area contributed by atoms with Crippen LogP contribution in [0.3, 0.4) is 0 Å². The fraction of sp³-hybridized carbons (Fsp3) is 0.533. The second kappa shape index (κ2) is 5.26. The van der Waals surface area contributed by atoms with Gasteiger partial charge in [0.05, 0.1) is 6.61 Å². The van der Waals surface area contributed by atoms with Crippen molar-refractivity contribution in [2.75, 3.05) is 13.2 Å². The molecule has 2 atom stereocenters. The third-order valence-corrected chi connectivity index (χ3v) is 4.39. The van der Waals surface area contributed by atoms with Crippen molar-refractivity contribution < 1.29 is 18.7 Å². The summed E-state index contributed by atoms with van der Waals surface area (Å²) in [6, 6.07) is 3.20. The molecule has 4 nitrogen and oxygen atoms in total. The van der Waals surface area contributed by atoms with Crippen LogP contribution in [0.15, 0.2) is 18.2 Å². The zero-order valence-corrected chi connectivity index (χ0v) is 11.5. The zero-order valence-electron chi connectivity index (χ0n) is 11.5. The molecule has 2 saturated carbocycles. The van der Waals surface area contributed by atoms with Crippen LogP contribution in [-0.4, -0.2) is 30.3 Å². The molecule has 0 bridgehead atoms. The number of carbonyl (C=O) groups excluding carboxylic acids is 1. The number of benzene rings is 1. The van der Waals surface area contributed by atoms with Crippen LogP contribution < -0.4 is 10.6 Å². The van der Waals surface area contributed by atoms with Gasteiger partial charge in [0.15, 0.2) is 0 Å². The molecular formula is C15H18F2N2O2. The number of hydrogen-bond acceptors (Lipinski definition) is 2. The minimum absolute atomic E-state index is 0.0526. The predicted octanol–water partition coefficient (Wildman–Crippen LogP) is 1.89. The Morgan fingerprint density at radius 3 is 2.57 bits per heavy atom. The second-order valence-electron chi connectivity index (χ2n) is 6.07. The molecule has 2 fully saturated rings. The lowest BCUT2D eigenvalue weighted by molar-refractivity contribution is 0.203. The highest BCUT2D eigenvalue weighted by molar-refractivity contribution is 5.75. The SMILES string of the molecule is O=C(NCC1(CO)CC1)NC1CC1c1c(F)cccc1F. The molecular weight excluding hydrogens is 278 g/mol. The van der Waals surface area contributed by atoms with Crippen LogP contribution in [-0.2, 0) is 0 Å². The van der Waals surface area contributed by atoms with Gasteiger partial charge in [0.2, 0.25) is 0 Å². The third-order valence-electron chi connectivity index (χ3n) is 4.39. The molecule has 2 aliphatic carbocycles. The molecule has 1 aromatic carbocycles. The van der Waals surface area contributed by atoms with Gasteiger partial charge in [-0.1, -0.05) is 6.07 Å². The van der Waals surface area contributed by atoms with Gasteiger partial charge in [-0.15, -0.1) is 0 Å². The Morgan fingerprint density at radius 2 is 2.00 bits per heavy atom. The summed E-state index contributed by atoms with van der Waals surface area (Å²) >= 11 is 0. The average molecular weight is 296 g/mol. The van der Waals surface area contributed by atoms with Crippen molar-refractivity contribution in [3.05, 3.63) is 35.4 Å². The molecule has 114 valence electrons. The van der Waals surface area contributed by atoms with E-state index in [2.05, 4.69) is 10.6 Å². The van der Waals surface area contributed by atoms with E-state index in [1.54, 1.807) is 0 Å². The van der Waals surface area contributed by atoms with E-state index in [-0.39, 0.29) is 35.6 Å². The Kier molecular flexibility index (Phi) is 3.57. The Labute approximate surface area is 121 Å². The molecule has 2 unspecified atom stereocenters. The van der Waals surface area contributed by atoms with Crippen molar-refractivity contribution >= 4 is 6.03 Å². The van der Waals surface area contributed by atoms with Crippen LogP contribution in [0.1, 0.15) is 30.7 Å². The lowest BCUT2D eigenvalue weighted by Crippen LogP contribution is -2.40. The second-order valence-corrected chi connectivity index (χ2v) is 6.07. The summed E-state index contributed by atoms with van der Waals surface area (Å²) in [6.07, 6.45) is 2.36. The minimum Gasteiger partial charge on any atom is -0.396 e. The fourth-order valence-electron chi connectivity index (χ4n) is 2.59. The monoisotopic (exact) mass is 296 g/mol. The van der Waals surface area contributed by atoms with Gasteiger partial charge in [-0.3, -0.25) is 0 Å².